The molecule has 3 atom stereocenters. The summed E-state index contributed by atoms with van der Waals surface area (Å²) < 4.78 is 12.0. The van der Waals surface area contributed by atoms with Crippen LogP contribution in [0.5, 0.6) is 11.5 Å². The lowest BCUT2D eigenvalue weighted by molar-refractivity contribution is 0.324. The quantitative estimate of drug-likeness (QED) is 0.260. The molecule has 1 aliphatic carbocycles. The number of hydrogen-bond acceptors (Lipinski definition) is 4. The summed E-state index contributed by atoms with van der Waals surface area (Å²) in [4.78, 5) is 4.68. The number of anilines is 1. The molecule has 3 aromatic rings. The topological polar surface area (TPSA) is 42.8 Å². The lowest BCUT2D eigenvalue weighted by Gasteiger charge is -2.37. The zero-order valence-corrected chi connectivity index (χ0v) is 20.7. The summed E-state index contributed by atoms with van der Waals surface area (Å²) in [5.74, 6) is 2.32. The fourth-order valence-corrected chi connectivity index (χ4v) is 5.46. The van der Waals surface area contributed by atoms with Crippen LogP contribution in [0, 0.1) is 5.92 Å². The average Bonchev–Trinajstić information content (AvgIpc) is 3.37. The van der Waals surface area contributed by atoms with Crippen molar-refractivity contribution >= 4 is 33.5 Å². The lowest BCUT2D eigenvalue weighted by Crippen LogP contribution is -2.28. The lowest BCUT2D eigenvalue weighted by atomic mass is 9.77. The number of allylic oxidation sites excluding steroid dienone is 2. The van der Waals surface area contributed by atoms with E-state index < -0.39 is 0 Å². The molecule has 34 heavy (non-hydrogen) atoms. The van der Waals surface area contributed by atoms with Crippen molar-refractivity contribution in [2.24, 2.45) is 10.9 Å². The van der Waals surface area contributed by atoms with Crippen molar-refractivity contribution < 1.29 is 9.47 Å². The summed E-state index contributed by atoms with van der Waals surface area (Å²) in [6.45, 7) is 4.10. The Morgan fingerprint density at radius 1 is 1.15 bits per heavy atom. The van der Waals surface area contributed by atoms with E-state index in [1.807, 2.05) is 18.3 Å². The molecule has 1 heterocycles. The molecule has 5 rings (SSSR count). The maximum atomic E-state index is 5.70. The predicted octanol–water partition coefficient (Wildman–Crippen LogP) is 7.60. The van der Waals surface area contributed by atoms with E-state index in [-0.39, 0.29) is 6.04 Å². The van der Waals surface area contributed by atoms with Gasteiger partial charge in [-0.15, -0.1) is 0 Å². The van der Waals surface area contributed by atoms with Crippen LogP contribution < -0.4 is 14.8 Å². The summed E-state index contributed by atoms with van der Waals surface area (Å²) in [6, 6.07) is 21.4. The van der Waals surface area contributed by atoms with Crippen LogP contribution in [0.3, 0.4) is 0 Å². The Kier molecular flexibility index (Phi) is 6.54. The molecule has 0 amide bonds. The van der Waals surface area contributed by atoms with Gasteiger partial charge in [-0.1, -0.05) is 55.1 Å². The number of halogens is 1. The van der Waals surface area contributed by atoms with E-state index in [1.165, 1.54) is 16.8 Å². The smallest absolute Gasteiger partial charge is 0.175 e. The van der Waals surface area contributed by atoms with Crippen LogP contribution in [0.15, 0.2) is 94.9 Å². The highest BCUT2D eigenvalue weighted by Gasteiger charge is 2.37. The first-order chi connectivity index (χ1) is 16.7. The molecule has 0 saturated carbocycles. The Labute approximate surface area is 209 Å². The van der Waals surface area contributed by atoms with Gasteiger partial charge in [0.2, 0.25) is 0 Å². The number of benzene rings is 3. The first kappa shape index (κ1) is 22.5. The summed E-state index contributed by atoms with van der Waals surface area (Å²) >= 11 is 3.57. The van der Waals surface area contributed by atoms with Gasteiger partial charge in [0, 0.05) is 17.8 Å². The second-order valence-electron chi connectivity index (χ2n) is 8.55. The molecule has 0 unspecified atom stereocenters. The van der Waals surface area contributed by atoms with Crippen LogP contribution in [0.1, 0.15) is 35.1 Å². The maximum absolute atomic E-state index is 5.70. The minimum absolute atomic E-state index is 0.288. The fourth-order valence-electron chi connectivity index (χ4n) is 4.89. The Bertz CT molecular complexity index is 1250. The number of fused-ring (bicyclic) bond motifs is 3. The molecule has 4 nitrogen and oxygen atoms in total. The first-order valence-electron chi connectivity index (χ1n) is 11.5. The molecular formula is C29H27BrN2O2. The second kappa shape index (κ2) is 9.90. The van der Waals surface area contributed by atoms with E-state index >= 15 is 0 Å². The number of nitrogens with one attached hydrogen (secondary N) is 1. The van der Waals surface area contributed by atoms with Crippen molar-refractivity contribution in [1.82, 2.24) is 0 Å². The third-order valence-electron chi connectivity index (χ3n) is 6.48. The Morgan fingerprint density at radius 3 is 2.76 bits per heavy atom. The molecule has 2 aliphatic rings. The molecule has 0 saturated heterocycles. The van der Waals surface area contributed by atoms with Gasteiger partial charge in [0.05, 0.1) is 23.3 Å². The SMILES string of the molecule is C=CCOc1c(Br)cc(C=Nc2ccc([C@@H]3Nc4ccccc4[C@@H]4C=CC[C@H]43)cc2)cc1OC. The number of ether oxygens (including phenoxy) is 2. The average molecular weight is 515 g/mol. The number of hydrogen-bond donors (Lipinski definition) is 1. The van der Waals surface area contributed by atoms with Crippen molar-refractivity contribution in [3.63, 3.8) is 0 Å². The summed E-state index contributed by atoms with van der Waals surface area (Å²) in [6.07, 6.45) is 9.34. The Hall–Kier alpha value is -3.31. The highest BCUT2D eigenvalue weighted by atomic mass is 79.9. The molecule has 3 aromatic carbocycles. The number of aliphatic imine (C=N–C) groups is 1. The second-order valence-corrected chi connectivity index (χ2v) is 9.40. The van der Waals surface area contributed by atoms with E-state index in [0.717, 1.165) is 22.1 Å². The third-order valence-corrected chi connectivity index (χ3v) is 7.07. The number of rotatable bonds is 7. The van der Waals surface area contributed by atoms with Crippen LogP contribution in [-0.2, 0) is 0 Å². The zero-order valence-electron chi connectivity index (χ0n) is 19.1. The van der Waals surface area contributed by atoms with Crippen molar-refractivity contribution in [1.29, 1.82) is 0 Å². The minimum Gasteiger partial charge on any atom is -0.493 e. The highest BCUT2D eigenvalue weighted by Crippen LogP contribution is 2.49. The third kappa shape index (κ3) is 4.40. The van der Waals surface area contributed by atoms with E-state index in [2.05, 4.69) is 93.5 Å². The normalized spacial score (nSPS) is 20.5. The van der Waals surface area contributed by atoms with Crippen molar-refractivity contribution in [2.75, 3.05) is 19.0 Å². The van der Waals surface area contributed by atoms with Gasteiger partial charge in [-0.2, -0.15) is 0 Å². The van der Waals surface area contributed by atoms with Crippen LogP contribution >= 0.6 is 15.9 Å². The molecule has 172 valence electrons. The maximum Gasteiger partial charge on any atom is 0.175 e. The molecule has 0 fully saturated rings. The Morgan fingerprint density at radius 2 is 1.97 bits per heavy atom. The van der Waals surface area contributed by atoms with Crippen LogP contribution in [0.4, 0.5) is 11.4 Å². The van der Waals surface area contributed by atoms with Gasteiger partial charge in [0.15, 0.2) is 11.5 Å². The number of para-hydroxylation sites is 1. The predicted molar refractivity (Wildman–Crippen MR) is 143 cm³/mol. The largest absolute Gasteiger partial charge is 0.493 e. The van der Waals surface area contributed by atoms with E-state index in [0.29, 0.717) is 29.9 Å². The molecule has 0 bridgehead atoms. The number of nitrogens with zero attached hydrogens (tertiary/aromatic N) is 1. The van der Waals surface area contributed by atoms with Gasteiger partial charge in [0.1, 0.15) is 6.61 Å². The van der Waals surface area contributed by atoms with Gasteiger partial charge >= 0.3 is 0 Å². The van der Waals surface area contributed by atoms with Crippen LogP contribution in [0.25, 0.3) is 0 Å². The van der Waals surface area contributed by atoms with Crippen molar-refractivity contribution in [3.8, 4) is 11.5 Å². The van der Waals surface area contributed by atoms with Crippen molar-refractivity contribution in [3.05, 3.63) is 107 Å². The monoisotopic (exact) mass is 514 g/mol. The number of methoxy groups -OCH3 is 1. The molecular weight excluding hydrogens is 488 g/mol. The first-order valence-corrected chi connectivity index (χ1v) is 12.2. The van der Waals surface area contributed by atoms with Crippen LogP contribution in [-0.4, -0.2) is 19.9 Å². The molecule has 0 spiro atoms. The Balaban J connectivity index is 1.34. The van der Waals surface area contributed by atoms with E-state index in [1.54, 1.807) is 13.2 Å². The van der Waals surface area contributed by atoms with Gasteiger partial charge in [-0.3, -0.25) is 4.99 Å². The fraction of sp³-hybridized carbons (Fsp3) is 0.207. The zero-order chi connectivity index (χ0) is 23.5. The summed E-state index contributed by atoms with van der Waals surface area (Å²) in [7, 11) is 1.63. The van der Waals surface area contributed by atoms with Crippen molar-refractivity contribution in [2.45, 2.75) is 18.4 Å². The minimum atomic E-state index is 0.288. The summed E-state index contributed by atoms with van der Waals surface area (Å²) in [5.41, 5.74) is 5.76. The van der Waals surface area contributed by atoms with Gasteiger partial charge in [-0.05, 0) is 75.3 Å². The van der Waals surface area contributed by atoms with Gasteiger partial charge in [0.25, 0.3) is 0 Å². The van der Waals surface area contributed by atoms with Gasteiger partial charge < -0.3 is 14.8 Å². The molecule has 0 radical (unpaired) electrons. The van der Waals surface area contributed by atoms with Gasteiger partial charge in [-0.25, -0.2) is 0 Å². The van der Waals surface area contributed by atoms with Crippen LogP contribution in [0.2, 0.25) is 0 Å². The van der Waals surface area contributed by atoms with E-state index in [9.17, 15) is 0 Å². The molecule has 1 N–H and O–H groups in total. The van der Waals surface area contributed by atoms with E-state index in [4.69, 9.17) is 9.47 Å². The standard InChI is InChI=1S/C29H27BrN2O2/c1-3-15-34-29-25(30)16-19(17-27(29)33-2)18-31-21-13-11-20(12-14-21)28-24-9-6-8-22(24)23-7-4-5-10-26(23)32-28/h3-8,10-14,16-18,22,24,28,32H,1,9,15H2,2H3/t22-,24+,28-/m0/s1. The molecule has 5 heteroatoms. The molecule has 1 aliphatic heterocycles. The molecule has 0 aromatic heterocycles. The summed E-state index contributed by atoms with van der Waals surface area (Å²) in [5, 5.41) is 3.79. The highest BCUT2D eigenvalue weighted by molar-refractivity contribution is 9.10.